The summed E-state index contributed by atoms with van der Waals surface area (Å²) in [4.78, 5) is 39.2. The zero-order valence-electron chi connectivity index (χ0n) is 15.9. The summed E-state index contributed by atoms with van der Waals surface area (Å²) in [5.41, 5.74) is -0.00877. The van der Waals surface area contributed by atoms with E-state index in [9.17, 15) is 19.7 Å². The molecule has 2 amide bonds. The number of nitro groups is 1. The topological polar surface area (TPSA) is 105 Å². The lowest BCUT2D eigenvalue weighted by molar-refractivity contribution is -0.384. The highest BCUT2D eigenvalue weighted by Crippen LogP contribution is 2.29. The molecule has 1 aliphatic rings. The summed E-state index contributed by atoms with van der Waals surface area (Å²) in [7, 11) is 1.97. The maximum atomic E-state index is 12.8. The number of likely N-dealkylation sites (N-methyl/N-ethyl adjacent to an activating group) is 1. The second kappa shape index (κ2) is 9.29. The van der Waals surface area contributed by atoms with E-state index in [1.165, 1.54) is 30.3 Å². The van der Waals surface area contributed by atoms with E-state index in [2.05, 4.69) is 10.2 Å². The number of benzene rings is 2. The minimum atomic E-state index is -0.630. The average Bonchev–Trinajstić information content (AvgIpc) is 2.71. The maximum Gasteiger partial charge on any atom is 0.415 e. The lowest BCUT2D eigenvalue weighted by Gasteiger charge is -2.31. The Hall–Kier alpha value is -2.88. The molecule has 30 heavy (non-hydrogen) atoms. The first-order valence-electron chi connectivity index (χ1n) is 8.95. The Morgan fingerprint density at radius 1 is 1.10 bits per heavy atom. The number of hydrogen-bond acceptors (Lipinski definition) is 6. The van der Waals surface area contributed by atoms with Crippen molar-refractivity contribution in [2.75, 3.05) is 38.5 Å². The van der Waals surface area contributed by atoms with Gasteiger partial charge in [-0.1, -0.05) is 23.2 Å². The molecular formula is C19H18Cl2N4O5. The molecule has 1 fully saturated rings. The number of piperazine rings is 1. The quantitative estimate of drug-likeness (QED) is 0.556. The third kappa shape index (κ3) is 5.18. The van der Waals surface area contributed by atoms with Gasteiger partial charge < -0.3 is 19.9 Å². The van der Waals surface area contributed by atoms with Gasteiger partial charge in [0.1, 0.15) is 5.75 Å². The van der Waals surface area contributed by atoms with Crippen LogP contribution in [0.4, 0.5) is 16.2 Å². The average molecular weight is 453 g/mol. The molecule has 9 nitrogen and oxygen atoms in total. The van der Waals surface area contributed by atoms with Gasteiger partial charge in [0.25, 0.3) is 11.6 Å². The zero-order valence-corrected chi connectivity index (χ0v) is 17.4. The SMILES string of the molecule is CN1CCN(C(=O)Oc2ccc(Cl)cc2C(=O)Nc2ccc([N+](=O)[O-])cc2Cl)CC1. The van der Waals surface area contributed by atoms with Crippen molar-refractivity contribution >= 4 is 46.6 Å². The predicted molar refractivity (Wildman–Crippen MR) is 113 cm³/mol. The van der Waals surface area contributed by atoms with E-state index in [0.29, 0.717) is 13.1 Å². The Bertz CT molecular complexity index is 993. The number of halogens is 2. The normalized spacial score (nSPS) is 14.3. The number of nitrogens with one attached hydrogen (secondary N) is 1. The molecule has 2 aromatic carbocycles. The van der Waals surface area contributed by atoms with Crippen molar-refractivity contribution in [1.29, 1.82) is 0 Å². The highest BCUT2D eigenvalue weighted by molar-refractivity contribution is 6.34. The van der Waals surface area contributed by atoms with E-state index >= 15 is 0 Å². The Morgan fingerprint density at radius 2 is 1.80 bits per heavy atom. The van der Waals surface area contributed by atoms with Crippen molar-refractivity contribution in [2.24, 2.45) is 0 Å². The number of nitro benzene ring substituents is 1. The lowest BCUT2D eigenvalue weighted by atomic mass is 10.1. The van der Waals surface area contributed by atoms with Gasteiger partial charge in [-0.05, 0) is 31.3 Å². The highest BCUT2D eigenvalue weighted by atomic mass is 35.5. The number of ether oxygens (including phenoxy) is 1. The summed E-state index contributed by atoms with van der Waals surface area (Å²) in [6.45, 7) is 2.48. The van der Waals surface area contributed by atoms with Crippen LogP contribution in [-0.2, 0) is 0 Å². The number of carbonyl (C=O) groups is 2. The number of anilines is 1. The molecule has 0 saturated carbocycles. The number of non-ortho nitro benzene ring substituents is 1. The molecule has 11 heteroatoms. The van der Waals surface area contributed by atoms with Gasteiger partial charge in [0.15, 0.2) is 0 Å². The van der Waals surface area contributed by atoms with Crippen LogP contribution in [0.15, 0.2) is 36.4 Å². The van der Waals surface area contributed by atoms with Gasteiger partial charge in [-0.15, -0.1) is 0 Å². The van der Waals surface area contributed by atoms with Crippen LogP contribution in [0, 0.1) is 10.1 Å². The Morgan fingerprint density at radius 3 is 2.43 bits per heavy atom. The van der Waals surface area contributed by atoms with Crippen LogP contribution in [0.1, 0.15) is 10.4 Å². The molecule has 1 heterocycles. The molecule has 0 spiro atoms. The van der Waals surface area contributed by atoms with E-state index in [1.54, 1.807) is 4.90 Å². The molecule has 2 aromatic rings. The fourth-order valence-electron chi connectivity index (χ4n) is 2.82. The molecule has 1 aliphatic heterocycles. The number of amides is 2. The summed E-state index contributed by atoms with van der Waals surface area (Å²) in [5, 5.41) is 13.7. The molecule has 0 aromatic heterocycles. The molecule has 3 rings (SSSR count). The minimum absolute atomic E-state index is 0.00411. The van der Waals surface area contributed by atoms with E-state index in [0.717, 1.165) is 19.2 Å². The smallest absolute Gasteiger partial charge is 0.409 e. The highest BCUT2D eigenvalue weighted by Gasteiger charge is 2.23. The standard InChI is InChI=1S/C19H18Cl2N4O5/c1-23-6-8-24(9-7-23)19(27)30-17-5-2-12(20)10-14(17)18(26)22-16-4-3-13(25(28)29)11-15(16)21/h2-5,10-11H,6-9H2,1H3,(H,22,26). The van der Waals surface area contributed by atoms with Crippen LogP contribution in [0.5, 0.6) is 5.75 Å². The van der Waals surface area contributed by atoms with E-state index in [4.69, 9.17) is 27.9 Å². The van der Waals surface area contributed by atoms with Gasteiger partial charge in [0.05, 0.1) is 21.2 Å². The van der Waals surface area contributed by atoms with Crippen molar-refractivity contribution < 1.29 is 19.2 Å². The van der Waals surface area contributed by atoms with Gasteiger partial charge in [-0.25, -0.2) is 4.79 Å². The van der Waals surface area contributed by atoms with Crippen LogP contribution in [0.3, 0.4) is 0 Å². The van der Waals surface area contributed by atoms with Crippen molar-refractivity contribution in [3.05, 3.63) is 62.1 Å². The second-order valence-electron chi connectivity index (χ2n) is 6.67. The van der Waals surface area contributed by atoms with E-state index < -0.39 is 16.9 Å². The van der Waals surface area contributed by atoms with Crippen LogP contribution in [0.25, 0.3) is 0 Å². The third-order valence-electron chi connectivity index (χ3n) is 4.56. The first kappa shape index (κ1) is 21.8. The molecule has 158 valence electrons. The lowest BCUT2D eigenvalue weighted by Crippen LogP contribution is -2.48. The predicted octanol–water partition coefficient (Wildman–Crippen LogP) is 3.90. The van der Waals surface area contributed by atoms with E-state index in [1.807, 2.05) is 7.05 Å². The number of nitrogens with zero attached hydrogens (tertiary/aromatic N) is 3. The number of carbonyl (C=O) groups excluding carboxylic acids is 2. The van der Waals surface area contributed by atoms with Gasteiger partial charge in [-0.3, -0.25) is 14.9 Å². The van der Waals surface area contributed by atoms with Gasteiger partial charge >= 0.3 is 6.09 Å². The molecule has 1 saturated heterocycles. The largest absolute Gasteiger partial charge is 0.415 e. The number of rotatable bonds is 4. The van der Waals surface area contributed by atoms with Gasteiger partial charge in [-0.2, -0.15) is 0 Å². The van der Waals surface area contributed by atoms with Crippen molar-refractivity contribution in [3.63, 3.8) is 0 Å². The molecule has 0 bridgehead atoms. The first-order chi connectivity index (χ1) is 14.2. The van der Waals surface area contributed by atoms with Crippen LogP contribution < -0.4 is 10.1 Å². The molecular weight excluding hydrogens is 435 g/mol. The summed E-state index contributed by atoms with van der Waals surface area (Å²) < 4.78 is 5.44. The van der Waals surface area contributed by atoms with Gasteiger partial charge in [0.2, 0.25) is 0 Å². The molecule has 1 N–H and O–H groups in total. The Balaban J connectivity index is 1.78. The number of hydrogen-bond donors (Lipinski definition) is 1. The molecule has 0 aliphatic carbocycles. The van der Waals surface area contributed by atoms with Crippen LogP contribution in [0.2, 0.25) is 10.0 Å². The van der Waals surface area contributed by atoms with E-state index in [-0.39, 0.29) is 32.7 Å². The fourth-order valence-corrected chi connectivity index (χ4v) is 3.22. The Kier molecular flexibility index (Phi) is 6.76. The fraction of sp³-hybridized carbons (Fsp3) is 0.263. The first-order valence-corrected chi connectivity index (χ1v) is 9.70. The maximum absolute atomic E-state index is 12.8. The Labute approximate surface area is 182 Å². The van der Waals surface area contributed by atoms with Crippen molar-refractivity contribution in [1.82, 2.24) is 9.80 Å². The monoisotopic (exact) mass is 452 g/mol. The third-order valence-corrected chi connectivity index (χ3v) is 5.10. The van der Waals surface area contributed by atoms with Crippen molar-refractivity contribution in [3.8, 4) is 5.75 Å². The summed E-state index contributed by atoms with van der Waals surface area (Å²) in [6.07, 6.45) is -0.562. The zero-order chi connectivity index (χ0) is 21.8. The minimum Gasteiger partial charge on any atom is -0.409 e. The van der Waals surface area contributed by atoms with Crippen molar-refractivity contribution in [2.45, 2.75) is 0 Å². The summed E-state index contributed by atoms with van der Waals surface area (Å²) >= 11 is 12.0. The summed E-state index contributed by atoms with van der Waals surface area (Å²) in [5.74, 6) is -0.590. The second-order valence-corrected chi connectivity index (χ2v) is 7.52. The molecule has 0 radical (unpaired) electrons. The summed E-state index contributed by atoms with van der Waals surface area (Å²) in [6, 6.07) is 7.96. The molecule has 0 unspecified atom stereocenters. The molecule has 0 atom stereocenters. The van der Waals surface area contributed by atoms with Crippen LogP contribution >= 0.6 is 23.2 Å². The van der Waals surface area contributed by atoms with Crippen LogP contribution in [-0.4, -0.2) is 60.0 Å². The van der Waals surface area contributed by atoms with Gasteiger partial charge in [0, 0.05) is 43.3 Å².